The molecule has 0 aliphatic rings. The fraction of sp³-hybridized carbons (Fsp3) is 0.909. The van der Waals surface area contributed by atoms with Crippen molar-refractivity contribution >= 4 is 0 Å². The van der Waals surface area contributed by atoms with Crippen molar-refractivity contribution in [2.24, 2.45) is 11.8 Å². The number of rotatable bonds is 14. The highest BCUT2D eigenvalue weighted by Crippen LogP contribution is 2.12. The van der Waals surface area contributed by atoms with Crippen molar-refractivity contribution in [3.63, 3.8) is 0 Å². The maximum Gasteiger partial charge on any atom is 0.00886 e. The van der Waals surface area contributed by atoms with E-state index in [4.69, 9.17) is 0 Å². The van der Waals surface area contributed by atoms with Gasteiger partial charge in [0.1, 0.15) is 0 Å². The predicted molar refractivity (Wildman–Crippen MR) is 102 cm³/mol. The van der Waals surface area contributed by atoms with E-state index in [0.717, 1.165) is 24.7 Å². The van der Waals surface area contributed by atoms with E-state index in [1.807, 2.05) is 0 Å². The van der Waals surface area contributed by atoms with E-state index >= 15 is 0 Å². The zero-order valence-electron chi connectivity index (χ0n) is 16.1. The Labute approximate surface area is 141 Å². The van der Waals surface area contributed by atoms with Crippen molar-refractivity contribution < 1.29 is 0 Å². The summed E-state index contributed by atoms with van der Waals surface area (Å²) >= 11 is 0. The average molecular weight is 307 g/mol. The summed E-state index contributed by atoms with van der Waals surface area (Å²) in [5.41, 5.74) is 0. The summed E-state index contributed by atoms with van der Waals surface area (Å²) in [7, 11) is 0. The topological polar surface area (TPSA) is 0 Å². The molecule has 22 heavy (non-hydrogen) atoms. The molecule has 0 spiro atoms. The average Bonchev–Trinajstić information content (AvgIpc) is 2.46. The zero-order chi connectivity index (χ0) is 16.5. The Morgan fingerprint density at radius 3 is 1.14 bits per heavy atom. The molecule has 0 unspecified atom stereocenters. The number of hydrogen-bond acceptors (Lipinski definition) is 0. The molecule has 0 aliphatic heterocycles. The van der Waals surface area contributed by atoms with Gasteiger partial charge in [-0.1, -0.05) is 91.9 Å². The third kappa shape index (κ3) is 19.6. The summed E-state index contributed by atoms with van der Waals surface area (Å²) < 4.78 is 0. The van der Waals surface area contributed by atoms with E-state index in [0.29, 0.717) is 0 Å². The van der Waals surface area contributed by atoms with Crippen LogP contribution in [0.4, 0.5) is 0 Å². The van der Waals surface area contributed by atoms with Gasteiger partial charge in [0.25, 0.3) is 0 Å². The molecule has 0 aromatic heterocycles. The van der Waals surface area contributed by atoms with Crippen LogP contribution in [0.15, 0.2) is 0 Å². The molecule has 130 valence electrons. The molecule has 0 atom stereocenters. The lowest BCUT2D eigenvalue weighted by atomic mass is 10.0. The Hall–Kier alpha value is -0.440. The smallest absolute Gasteiger partial charge is 0.00886 e. The molecule has 0 nitrogen and oxygen atoms in total. The van der Waals surface area contributed by atoms with Crippen LogP contribution in [0.1, 0.15) is 118 Å². The summed E-state index contributed by atoms with van der Waals surface area (Å²) in [6.45, 7) is 9.28. The minimum Gasteiger partial charge on any atom is -0.103 e. The van der Waals surface area contributed by atoms with Crippen LogP contribution in [0.2, 0.25) is 0 Å². The zero-order valence-corrected chi connectivity index (χ0v) is 16.1. The fourth-order valence-corrected chi connectivity index (χ4v) is 2.77. The maximum atomic E-state index is 3.36. The minimum atomic E-state index is 0.876. The fourth-order valence-electron chi connectivity index (χ4n) is 2.77. The van der Waals surface area contributed by atoms with Crippen LogP contribution in [0, 0.1) is 23.7 Å². The molecule has 0 aliphatic carbocycles. The molecular weight excluding hydrogens is 264 g/mol. The van der Waals surface area contributed by atoms with E-state index < -0.39 is 0 Å². The van der Waals surface area contributed by atoms with Crippen molar-refractivity contribution in [3.8, 4) is 11.8 Å². The monoisotopic (exact) mass is 306 g/mol. The van der Waals surface area contributed by atoms with Gasteiger partial charge >= 0.3 is 0 Å². The van der Waals surface area contributed by atoms with E-state index in [-0.39, 0.29) is 0 Å². The van der Waals surface area contributed by atoms with Crippen LogP contribution in [0.25, 0.3) is 0 Å². The van der Waals surface area contributed by atoms with Crippen molar-refractivity contribution in [2.45, 2.75) is 118 Å². The lowest BCUT2D eigenvalue weighted by molar-refractivity contribution is 0.516. The van der Waals surface area contributed by atoms with Gasteiger partial charge in [0.2, 0.25) is 0 Å². The van der Waals surface area contributed by atoms with Gasteiger partial charge in [-0.05, 0) is 24.7 Å². The molecule has 0 fully saturated rings. The van der Waals surface area contributed by atoms with Gasteiger partial charge < -0.3 is 0 Å². The van der Waals surface area contributed by atoms with Gasteiger partial charge in [0.05, 0.1) is 0 Å². The van der Waals surface area contributed by atoms with Crippen LogP contribution >= 0.6 is 0 Å². The first-order valence-corrected chi connectivity index (χ1v) is 10.1. The van der Waals surface area contributed by atoms with Crippen LogP contribution in [-0.4, -0.2) is 0 Å². The Bertz CT molecular complexity index is 237. The molecule has 0 saturated heterocycles. The summed E-state index contributed by atoms with van der Waals surface area (Å²) in [6.07, 6.45) is 18.9. The van der Waals surface area contributed by atoms with Gasteiger partial charge in [-0.3, -0.25) is 0 Å². The Morgan fingerprint density at radius 2 is 0.773 bits per heavy atom. The Kier molecular flexibility index (Phi) is 16.6. The molecule has 0 heterocycles. The predicted octanol–water partition coefficient (Wildman–Crippen LogP) is 7.76. The van der Waals surface area contributed by atoms with Gasteiger partial charge in [0, 0.05) is 12.8 Å². The van der Waals surface area contributed by atoms with Crippen molar-refractivity contribution in [1.29, 1.82) is 0 Å². The molecule has 0 aromatic carbocycles. The lowest BCUT2D eigenvalue weighted by Crippen LogP contribution is -1.87. The summed E-state index contributed by atoms with van der Waals surface area (Å²) in [6, 6.07) is 0. The van der Waals surface area contributed by atoms with E-state index in [1.165, 1.54) is 77.0 Å². The second-order valence-electron chi connectivity index (χ2n) is 7.75. The van der Waals surface area contributed by atoms with Crippen molar-refractivity contribution in [1.82, 2.24) is 0 Å². The molecule has 0 radical (unpaired) electrons. The summed E-state index contributed by atoms with van der Waals surface area (Å²) in [4.78, 5) is 0. The van der Waals surface area contributed by atoms with Crippen LogP contribution in [0.3, 0.4) is 0 Å². The third-order valence-corrected chi connectivity index (χ3v) is 4.29. The first-order chi connectivity index (χ1) is 10.6. The SMILES string of the molecule is CC(C)CCCCCCCC#CCCCCCCCC(C)C. The minimum absolute atomic E-state index is 0.876. The first kappa shape index (κ1) is 21.6. The third-order valence-electron chi connectivity index (χ3n) is 4.29. The van der Waals surface area contributed by atoms with Crippen molar-refractivity contribution in [2.75, 3.05) is 0 Å². The molecule has 0 amide bonds. The van der Waals surface area contributed by atoms with Gasteiger partial charge in [-0.25, -0.2) is 0 Å². The maximum absolute atomic E-state index is 3.36. The highest BCUT2D eigenvalue weighted by molar-refractivity contribution is 4.98. The normalized spacial score (nSPS) is 11.0. The van der Waals surface area contributed by atoms with Crippen LogP contribution in [0.5, 0.6) is 0 Å². The van der Waals surface area contributed by atoms with Crippen LogP contribution < -0.4 is 0 Å². The van der Waals surface area contributed by atoms with E-state index in [1.54, 1.807) is 0 Å². The van der Waals surface area contributed by atoms with E-state index in [9.17, 15) is 0 Å². The van der Waals surface area contributed by atoms with Gasteiger partial charge in [0.15, 0.2) is 0 Å². The standard InChI is InChI=1S/C22H42/c1-21(2)19-17-15-13-11-9-7-5-6-8-10-12-14-16-18-20-22(3)4/h21-22H,7-20H2,1-4H3. The molecule has 0 saturated carbocycles. The van der Waals surface area contributed by atoms with Crippen molar-refractivity contribution in [3.05, 3.63) is 0 Å². The Morgan fingerprint density at radius 1 is 0.455 bits per heavy atom. The quantitative estimate of drug-likeness (QED) is 0.227. The first-order valence-electron chi connectivity index (χ1n) is 10.1. The Balaban J connectivity index is 3.13. The molecule has 0 bridgehead atoms. The molecule has 0 N–H and O–H groups in total. The molecule has 0 heteroatoms. The summed E-state index contributed by atoms with van der Waals surface area (Å²) in [5.74, 6) is 8.48. The second kappa shape index (κ2) is 16.9. The van der Waals surface area contributed by atoms with Crippen LogP contribution in [-0.2, 0) is 0 Å². The lowest BCUT2D eigenvalue weighted by Gasteiger charge is -2.03. The second-order valence-corrected chi connectivity index (χ2v) is 7.75. The molecule has 0 aromatic rings. The number of unbranched alkanes of at least 4 members (excludes halogenated alkanes) is 10. The highest BCUT2D eigenvalue weighted by Gasteiger charge is 1.95. The number of hydrogen-bond donors (Lipinski definition) is 0. The van der Waals surface area contributed by atoms with E-state index in [2.05, 4.69) is 39.5 Å². The van der Waals surface area contributed by atoms with Gasteiger partial charge in [-0.2, -0.15) is 0 Å². The molecular formula is C22H42. The molecule has 0 rings (SSSR count). The van der Waals surface area contributed by atoms with Gasteiger partial charge in [-0.15, -0.1) is 11.8 Å². The summed E-state index contributed by atoms with van der Waals surface area (Å²) in [5, 5.41) is 0. The largest absolute Gasteiger partial charge is 0.103 e. The highest BCUT2D eigenvalue weighted by atomic mass is 14.0.